The van der Waals surface area contributed by atoms with E-state index in [4.69, 9.17) is 4.74 Å². The maximum atomic E-state index is 13.4. The molecule has 2 saturated heterocycles. The first-order valence-electron chi connectivity index (χ1n) is 10.6. The third-order valence-corrected chi connectivity index (χ3v) is 8.26. The van der Waals surface area contributed by atoms with Crippen LogP contribution in [0.1, 0.15) is 38.7 Å². The Labute approximate surface area is 181 Å². The molecule has 168 valence electrons. The summed E-state index contributed by atoms with van der Waals surface area (Å²) in [7, 11) is -3.19. The van der Waals surface area contributed by atoms with E-state index in [0.717, 1.165) is 4.90 Å². The van der Waals surface area contributed by atoms with Gasteiger partial charge in [-0.05, 0) is 25.8 Å². The molecule has 3 aliphatic heterocycles. The Morgan fingerprint density at radius 1 is 1.35 bits per heavy atom. The number of urea groups is 1. The van der Waals surface area contributed by atoms with E-state index in [1.165, 1.54) is 0 Å². The second kappa shape index (κ2) is 7.81. The normalized spacial score (nSPS) is 27.5. The molecule has 0 radical (unpaired) electrons. The zero-order valence-corrected chi connectivity index (χ0v) is 18.5. The van der Waals surface area contributed by atoms with Crippen LogP contribution in [0.5, 0.6) is 5.75 Å². The summed E-state index contributed by atoms with van der Waals surface area (Å²) in [5, 5.41) is 2.79. The molecule has 1 aromatic rings. The molecule has 0 aromatic heterocycles. The van der Waals surface area contributed by atoms with Gasteiger partial charge in [0.15, 0.2) is 15.4 Å². The van der Waals surface area contributed by atoms with E-state index in [2.05, 4.69) is 5.32 Å². The van der Waals surface area contributed by atoms with Gasteiger partial charge in [0.1, 0.15) is 12.3 Å². The number of rotatable bonds is 5. The molecule has 1 N–H and O–H groups in total. The summed E-state index contributed by atoms with van der Waals surface area (Å²) in [6, 6.07) is 5.78. The predicted octanol–water partition coefficient (Wildman–Crippen LogP) is 1.03. The average molecular weight is 450 g/mol. The van der Waals surface area contributed by atoms with E-state index in [1.807, 2.05) is 13.8 Å². The fourth-order valence-electron chi connectivity index (χ4n) is 4.73. The van der Waals surface area contributed by atoms with Crippen LogP contribution in [0, 0.1) is 0 Å². The van der Waals surface area contributed by atoms with Gasteiger partial charge in [-0.25, -0.2) is 13.2 Å². The lowest BCUT2D eigenvalue weighted by molar-refractivity contribution is -0.142. The number of nitrogens with zero attached hydrogens (tertiary/aromatic N) is 2. The quantitative estimate of drug-likeness (QED) is 0.672. The maximum Gasteiger partial charge on any atom is 0.325 e. The van der Waals surface area contributed by atoms with Gasteiger partial charge in [0.05, 0.1) is 18.1 Å². The number of hydrogen-bond donors (Lipinski definition) is 1. The lowest BCUT2D eigenvalue weighted by Crippen LogP contribution is -2.52. The van der Waals surface area contributed by atoms with E-state index >= 15 is 0 Å². The van der Waals surface area contributed by atoms with Gasteiger partial charge in [-0.1, -0.05) is 25.1 Å². The molecule has 0 aliphatic carbocycles. The molecule has 1 spiro atoms. The largest absolute Gasteiger partial charge is 0.493 e. The van der Waals surface area contributed by atoms with E-state index in [1.54, 1.807) is 29.2 Å². The number of sulfone groups is 1. The molecule has 9 nitrogen and oxygen atoms in total. The van der Waals surface area contributed by atoms with Crippen molar-refractivity contribution in [2.75, 3.05) is 24.7 Å². The number of benzene rings is 1. The van der Waals surface area contributed by atoms with Gasteiger partial charge in [0.25, 0.3) is 5.91 Å². The highest BCUT2D eigenvalue weighted by atomic mass is 32.2. The molecule has 3 atom stereocenters. The van der Waals surface area contributed by atoms with E-state index < -0.39 is 45.8 Å². The SMILES string of the molecule is CCC(C)N(C(=O)CN1C(=O)NC2(CCOc3ccccc32)C1=O)C1CCS(=O)(=O)C1. The topological polar surface area (TPSA) is 113 Å². The lowest BCUT2D eigenvalue weighted by Gasteiger charge is -2.35. The maximum absolute atomic E-state index is 13.4. The Kier molecular flexibility index (Phi) is 5.45. The van der Waals surface area contributed by atoms with Crippen LogP contribution < -0.4 is 10.1 Å². The Hall–Kier alpha value is -2.62. The molecule has 4 rings (SSSR count). The van der Waals surface area contributed by atoms with Crippen molar-refractivity contribution in [3.63, 3.8) is 0 Å². The molecule has 3 heterocycles. The van der Waals surface area contributed by atoms with Crippen molar-refractivity contribution in [2.24, 2.45) is 0 Å². The summed E-state index contributed by atoms with van der Waals surface area (Å²) in [6.45, 7) is 3.61. The summed E-state index contributed by atoms with van der Waals surface area (Å²) in [5.41, 5.74) is -0.667. The van der Waals surface area contributed by atoms with Crippen molar-refractivity contribution in [1.29, 1.82) is 0 Å². The number of amides is 4. The van der Waals surface area contributed by atoms with Crippen LogP contribution >= 0.6 is 0 Å². The number of para-hydroxylation sites is 1. The molecule has 0 bridgehead atoms. The van der Waals surface area contributed by atoms with Gasteiger partial charge < -0.3 is 15.0 Å². The molecule has 3 aliphatic rings. The van der Waals surface area contributed by atoms with E-state index in [-0.39, 0.29) is 30.6 Å². The van der Waals surface area contributed by atoms with Crippen molar-refractivity contribution >= 4 is 27.7 Å². The first-order chi connectivity index (χ1) is 14.7. The zero-order chi connectivity index (χ0) is 22.4. The summed E-state index contributed by atoms with van der Waals surface area (Å²) >= 11 is 0. The number of carbonyl (C=O) groups excluding carboxylic acids is 3. The van der Waals surface area contributed by atoms with Crippen LogP contribution in [0.2, 0.25) is 0 Å². The van der Waals surface area contributed by atoms with Crippen LogP contribution in [-0.2, 0) is 25.0 Å². The number of ether oxygens (including phenoxy) is 1. The number of imide groups is 1. The van der Waals surface area contributed by atoms with Crippen LogP contribution in [-0.4, -0.2) is 72.8 Å². The first-order valence-corrected chi connectivity index (χ1v) is 12.4. The standard InChI is InChI=1S/C21H27N3O6S/c1-3-14(2)24(15-8-11-31(28,29)13-15)18(25)12-23-19(26)21(22-20(23)27)9-10-30-17-7-5-4-6-16(17)21/h4-7,14-15H,3,8-13H2,1-2H3,(H,22,27). The van der Waals surface area contributed by atoms with Crippen LogP contribution in [0.3, 0.4) is 0 Å². The monoisotopic (exact) mass is 449 g/mol. The van der Waals surface area contributed by atoms with Crippen LogP contribution in [0.15, 0.2) is 24.3 Å². The van der Waals surface area contributed by atoms with Crippen LogP contribution in [0.4, 0.5) is 4.79 Å². The summed E-state index contributed by atoms with van der Waals surface area (Å²) in [5.74, 6) is -0.409. The lowest BCUT2D eigenvalue weighted by atomic mass is 9.84. The number of fused-ring (bicyclic) bond motifs is 2. The highest BCUT2D eigenvalue weighted by Crippen LogP contribution is 2.41. The highest BCUT2D eigenvalue weighted by Gasteiger charge is 2.55. The molecule has 1 aromatic carbocycles. The summed E-state index contributed by atoms with van der Waals surface area (Å²) < 4.78 is 29.6. The van der Waals surface area contributed by atoms with Crippen molar-refractivity contribution < 1.29 is 27.5 Å². The van der Waals surface area contributed by atoms with Crippen molar-refractivity contribution in [3.05, 3.63) is 29.8 Å². The fourth-order valence-corrected chi connectivity index (χ4v) is 6.44. The number of carbonyl (C=O) groups is 3. The smallest absolute Gasteiger partial charge is 0.325 e. The molecule has 3 unspecified atom stereocenters. The number of nitrogens with one attached hydrogen (secondary N) is 1. The Morgan fingerprint density at radius 2 is 2.10 bits per heavy atom. The second-order valence-electron chi connectivity index (χ2n) is 8.44. The minimum Gasteiger partial charge on any atom is -0.493 e. The Balaban J connectivity index is 1.58. The van der Waals surface area contributed by atoms with Crippen LogP contribution in [0.25, 0.3) is 0 Å². The van der Waals surface area contributed by atoms with Crippen molar-refractivity contribution in [1.82, 2.24) is 15.1 Å². The van der Waals surface area contributed by atoms with E-state index in [9.17, 15) is 22.8 Å². The van der Waals surface area contributed by atoms with Gasteiger partial charge in [-0.2, -0.15) is 0 Å². The summed E-state index contributed by atoms with van der Waals surface area (Å²) in [4.78, 5) is 41.9. The minimum absolute atomic E-state index is 0.0426. The molecule has 31 heavy (non-hydrogen) atoms. The van der Waals surface area contributed by atoms with E-state index in [0.29, 0.717) is 24.2 Å². The fraction of sp³-hybridized carbons (Fsp3) is 0.571. The molecular formula is C21H27N3O6S. The Bertz CT molecular complexity index is 1030. The zero-order valence-electron chi connectivity index (χ0n) is 17.7. The Morgan fingerprint density at radius 3 is 2.77 bits per heavy atom. The third kappa shape index (κ3) is 3.66. The summed E-state index contributed by atoms with van der Waals surface area (Å²) in [6.07, 6.45) is 1.28. The van der Waals surface area contributed by atoms with Gasteiger partial charge in [-0.15, -0.1) is 0 Å². The molecule has 0 saturated carbocycles. The van der Waals surface area contributed by atoms with Crippen molar-refractivity contribution in [2.45, 2.75) is 50.7 Å². The highest BCUT2D eigenvalue weighted by molar-refractivity contribution is 7.91. The average Bonchev–Trinajstić information content (AvgIpc) is 3.20. The second-order valence-corrected chi connectivity index (χ2v) is 10.7. The van der Waals surface area contributed by atoms with Crippen molar-refractivity contribution in [3.8, 4) is 5.75 Å². The third-order valence-electron chi connectivity index (χ3n) is 6.51. The minimum atomic E-state index is -3.19. The van der Waals surface area contributed by atoms with Gasteiger partial charge in [0.2, 0.25) is 5.91 Å². The molecule has 4 amide bonds. The first kappa shape index (κ1) is 21.6. The van der Waals surface area contributed by atoms with Gasteiger partial charge in [0, 0.05) is 24.1 Å². The predicted molar refractivity (Wildman–Crippen MR) is 112 cm³/mol. The molecule has 10 heteroatoms. The molecular weight excluding hydrogens is 422 g/mol. The van der Waals surface area contributed by atoms with Gasteiger partial charge >= 0.3 is 6.03 Å². The molecule has 2 fully saturated rings. The number of hydrogen-bond acceptors (Lipinski definition) is 6. The van der Waals surface area contributed by atoms with Gasteiger partial charge in [-0.3, -0.25) is 14.5 Å².